The van der Waals surface area contributed by atoms with Gasteiger partial charge in [-0.15, -0.1) is 0 Å². The summed E-state index contributed by atoms with van der Waals surface area (Å²) < 4.78 is 11.1. The number of methoxy groups -OCH3 is 1. The average Bonchev–Trinajstić information content (AvgIpc) is 2.76. The Morgan fingerprint density at radius 1 is 0.824 bits per heavy atom. The van der Waals surface area contributed by atoms with Crippen LogP contribution in [0.4, 0.5) is 0 Å². The summed E-state index contributed by atoms with van der Waals surface area (Å²) in [6, 6.07) is 3.79. The lowest BCUT2D eigenvalue weighted by Gasteiger charge is -2.30. The first-order valence-electron chi connectivity index (χ1n) is 13.6. The number of phenolic OH excluding ortho intramolecular Hbond substituents is 1. The molecule has 0 radical (unpaired) electrons. The van der Waals surface area contributed by atoms with Crippen LogP contribution in [0.1, 0.15) is 136 Å². The van der Waals surface area contributed by atoms with Gasteiger partial charge in [-0.25, -0.2) is 0 Å². The number of ether oxygens (including phenoxy) is 2. The van der Waals surface area contributed by atoms with Gasteiger partial charge in [0.2, 0.25) is 0 Å². The Morgan fingerprint density at radius 3 is 1.91 bits per heavy atom. The molecule has 0 atom stereocenters. The Labute approximate surface area is 209 Å². The number of aromatic hydroxyl groups is 1. The Morgan fingerprint density at radius 2 is 1.38 bits per heavy atom. The SMILES string of the molecule is CCCCCCCCCCCCOC(=O)CCCC(C)(C)c1cc(O)c(C(C)(C)C)cc1OC. The van der Waals surface area contributed by atoms with E-state index in [1.807, 2.05) is 12.1 Å². The van der Waals surface area contributed by atoms with Gasteiger partial charge in [-0.1, -0.05) is 99.3 Å². The Hall–Kier alpha value is -1.71. The van der Waals surface area contributed by atoms with E-state index >= 15 is 0 Å². The van der Waals surface area contributed by atoms with Gasteiger partial charge in [-0.2, -0.15) is 0 Å². The summed E-state index contributed by atoms with van der Waals surface area (Å²) in [5, 5.41) is 10.6. The molecule has 196 valence electrons. The molecule has 1 rings (SSSR count). The fraction of sp³-hybridized carbons (Fsp3) is 0.767. The zero-order chi connectivity index (χ0) is 25.6. The van der Waals surface area contributed by atoms with E-state index in [0.717, 1.165) is 42.6 Å². The molecule has 4 heteroatoms. The number of benzene rings is 1. The third-order valence-corrected chi connectivity index (χ3v) is 6.80. The second kappa shape index (κ2) is 15.3. The van der Waals surface area contributed by atoms with Crippen LogP contribution in [0.25, 0.3) is 0 Å². The first-order chi connectivity index (χ1) is 16.0. The van der Waals surface area contributed by atoms with Crippen molar-refractivity contribution in [2.24, 2.45) is 0 Å². The van der Waals surface area contributed by atoms with Gasteiger partial charge in [0.05, 0.1) is 13.7 Å². The summed E-state index contributed by atoms with van der Waals surface area (Å²) in [6.45, 7) is 13.3. The van der Waals surface area contributed by atoms with Crippen molar-refractivity contribution in [2.45, 2.75) is 136 Å². The minimum absolute atomic E-state index is 0.107. The minimum Gasteiger partial charge on any atom is -0.508 e. The van der Waals surface area contributed by atoms with E-state index < -0.39 is 0 Å². The van der Waals surface area contributed by atoms with Gasteiger partial charge in [0.1, 0.15) is 11.5 Å². The number of carbonyl (C=O) groups is 1. The van der Waals surface area contributed by atoms with Gasteiger partial charge in [-0.3, -0.25) is 4.79 Å². The number of esters is 1. The average molecular weight is 477 g/mol. The molecule has 0 aliphatic heterocycles. The summed E-state index contributed by atoms with van der Waals surface area (Å²) in [6.07, 6.45) is 14.7. The van der Waals surface area contributed by atoms with Crippen molar-refractivity contribution in [3.05, 3.63) is 23.3 Å². The summed E-state index contributed by atoms with van der Waals surface area (Å²) >= 11 is 0. The Kier molecular flexibility index (Phi) is 13.7. The molecular formula is C30H52O4. The van der Waals surface area contributed by atoms with Crippen LogP contribution in [-0.4, -0.2) is 24.8 Å². The van der Waals surface area contributed by atoms with Crippen LogP contribution in [0.3, 0.4) is 0 Å². The Bertz CT molecular complexity index is 715. The van der Waals surface area contributed by atoms with Crippen LogP contribution in [-0.2, 0) is 20.4 Å². The first-order valence-corrected chi connectivity index (χ1v) is 13.6. The van der Waals surface area contributed by atoms with E-state index in [1.165, 1.54) is 51.4 Å². The predicted octanol–water partition coefficient (Wildman–Crippen LogP) is 8.61. The fourth-order valence-corrected chi connectivity index (χ4v) is 4.52. The second-order valence-corrected chi connectivity index (χ2v) is 11.5. The molecule has 0 saturated carbocycles. The van der Waals surface area contributed by atoms with Gasteiger partial charge in [0, 0.05) is 17.5 Å². The number of rotatable bonds is 17. The van der Waals surface area contributed by atoms with Crippen molar-refractivity contribution in [1.82, 2.24) is 0 Å². The molecule has 0 spiro atoms. The van der Waals surface area contributed by atoms with E-state index in [1.54, 1.807) is 7.11 Å². The zero-order valence-electron chi connectivity index (χ0n) is 23.2. The number of phenols is 1. The highest BCUT2D eigenvalue weighted by atomic mass is 16.5. The van der Waals surface area contributed by atoms with Gasteiger partial charge in [-0.05, 0) is 42.2 Å². The topological polar surface area (TPSA) is 55.8 Å². The van der Waals surface area contributed by atoms with Crippen LogP contribution in [0.15, 0.2) is 12.1 Å². The molecule has 0 heterocycles. The van der Waals surface area contributed by atoms with Crippen LogP contribution in [0.2, 0.25) is 0 Å². The van der Waals surface area contributed by atoms with Crippen LogP contribution >= 0.6 is 0 Å². The van der Waals surface area contributed by atoms with E-state index in [9.17, 15) is 9.90 Å². The van der Waals surface area contributed by atoms with Crippen molar-refractivity contribution < 1.29 is 19.4 Å². The molecule has 0 unspecified atom stereocenters. The zero-order valence-corrected chi connectivity index (χ0v) is 23.2. The fourth-order valence-electron chi connectivity index (χ4n) is 4.52. The highest BCUT2D eigenvalue weighted by molar-refractivity contribution is 5.69. The molecule has 34 heavy (non-hydrogen) atoms. The van der Waals surface area contributed by atoms with E-state index in [-0.39, 0.29) is 16.8 Å². The normalized spacial score (nSPS) is 12.1. The molecule has 1 N–H and O–H groups in total. The smallest absolute Gasteiger partial charge is 0.305 e. The monoisotopic (exact) mass is 476 g/mol. The molecular weight excluding hydrogens is 424 g/mol. The summed E-state index contributed by atoms with van der Waals surface area (Å²) in [5.41, 5.74) is 1.45. The van der Waals surface area contributed by atoms with Gasteiger partial charge in [0.15, 0.2) is 0 Å². The number of unbranched alkanes of at least 4 members (excludes halogenated alkanes) is 9. The minimum atomic E-state index is -0.226. The Balaban J connectivity index is 2.33. The van der Waals surface area contributed by atoms with Crippen molar-refractivity contribution >= 4 is 5.97 Å². The van der Waals surface area contributed by atoms with E-state index in [0.29, 0.717) is 18.8 Å². The predicted molar refractivity (Wildman–Crippen MR) is 143 cm³/mol. The molecule has 4 nitrogen and oxygen atoms in total. The van der Waals surface area contributed by atoms with Crippen molar-refractivity contribution in [3.63, 3.8) is 0 Å². The number of hydrogen-bond donors (Lipinski definition) is 1. The third-order valence-electron chi connectivity index (χ3n) is 6.80. The molecule has 0 aliphatic carbocycles. The van der Waals surface area contributed by atoms with Crippen molar-refractivity contribution in [2.75, 3.05) is 13.7 Å². The summed E-state index contributed by atoms with van der Waals surface area (Å²) in [4.78, 5) is 12.2. The van der Waals surface area contributed by atoms with Crippen molar-refractivity contribution in [3.8, 4) is 11.5 Å². The first kappa shape index (κ1) is 30.3. The third kappa shape index (κ3) is 11.1. The lowest BCUT2D eigenvalue weighted by molar-refractivity contribution is -0.143. The molecule has 0 amide bonds. The molecule has 0 aliphatic rings. The lowest BCUT2D eigenvalue weighted by Crippen LogP contribution is -2.20. The number of carbonyl (C=O) groups excluding carboxylic acids is 1. The standard InChI is InChI=1S/C30H52O4/c1-8-9-10-11-12-13-14-15-16-17-21-34-28(32)19-18-20-30(5,6)25-22-26(31)24(29(2,3)4)23-27(25)33-7/h22-23,31H,8-21H2,1-7H3. The van der Waals surface area contributed by atoms with E-state index in [4.69, 9.17) is 9.47 Å². The second-order valence-electron chi connectivity index (χ2n) is 11.5. The summed E-state index contributed by atoms with van der Waals surface area (Å²) in [7, 11) is 1.67. The maximum atomic E-state index is 12.2. The molecule has 0 saturated heterocycles. The van der Waals surface area contributed by atoms with Gasteiger partial charge >= 0.3 is 5.97 Å². The number of hydrogen-bond acceptors (Lipinski definition) is 4. The molecule has 0 aromatic heterocycles. The quantitative estimate of drug-likeness (QED) is 0.181. The molecule has 0 fully saturated rings. The lowest BCUT2D eigenvalue weighted by atomic mass is 9.77. The largest absolute Gasteiger partial charge is 0.508 e. The highest BCUT2D eigenvalue weighted by Gasteiger charge is 2.28. The van der Waals surface area contributed by atoms with Crippen LogP contribution in [0, 0.1) is 0 Å². The molecule has 0 bridgehead atoms. The van der Waals surface area contributed by atoms with Crippen LogP contribution in [0.5, 0.6) is 11.5 Å². The summed E-state index contributed by atoms with van der Waals surface area (Å²) in [5.74, 6) is 0.980. The molecule has 1 aromatic carbocycles. The molecule has 1 aromatic rings. The van der Waals surface area contributed by atoms with Gasteiger partial charge < -0.3 is 14.6 Å². The van der Waals surface area contributed by atoms with Crippen LogP contribution < -0.4 is 4.74 Å². The van der Waals surface area contributed by atoms with Crippen molar-refractivity contribution in [1.29, 1.82) is 0 Å². The maximum Gasteiger partial charge on any atom is 0.305 e. The highest BCUT2D eigenvalue weighted by Crippen LogP contribution is 2.42. The van der Waals surface area contributed by atoms with E-state index in [2.05, 4.69) is 41.5 Å². The maximum absolute atomic E-state index is 12.2. The van der Waals surface area contributed by atoms with Gasteiger partial charge in [0.25, 0.3) is 0 Å².